The van der Waals surface area contributed by atoms with Crippen LogP contribution in [0.2, 0.25) is 0 Å². The fraction of sp³-hybridized carbons (Fsp3) is 0.231. The average Bonchev–Trinajstić information content (AvgIpc) is 2.81. The highest BCUT2D eigenvalue weighted by molar-refractivity contribution is 7.13. The second-order valence-corrected chi connectivity index (χ2v) is 4.77. The second kappa shape index (κ2) is 5.59. The Morgan fingerprint density at radius 1 is 1.35 bits per heavy atom. The van der Waals surface area contributed by atoms with Gasteiger partial charge < -0.3 is 5.32 Å². The molecule has 0 radical (unpaired) electrons. The molecular weight excluding hydrogens is 232 g/mol. The summed E-state index contributed by atoms with van der Waals surface area (Å²) in [6.45, 7) is 2.05. The summed E-state index contributed by atoms with van der Waals surface area (Å²) in [5.74, 6) is 0.0144. The molecule has 0 aliphatic rings. The lowest BCUT2D eigenvalue weighted by Crippen LogP contribution is -2.11. The SMILES string of the molecule is Cc1ccc(CCC(=O)Nc2nccs2)cc1. The van der Waals surface area contributed by atoms with Crippen molar-refractivity contribution in [3.05, 3.63) is 47.0 Å². The monoisotopic (exact) mass is 246 g/mol. The molecule has 0 bridgehead atoms. The number of aromatic nitrogens is 1. The molecule has 2 aromatic rings. The molecular formula is C13H14N2OS. The van der Waals surface area contributed by atoms with E-state index in [0.717, 1.165) is 6.42 Å². The Balaban J connectivity index is 1.82. The smallest absolute Gasteiger partial charge is 0.226 e. The highest BCUT2D eigenvalue weighted by Gasteiger charge is 2.04. The number of thiazole rings is 1. The van der Waals surface area contributed by atoms with Gasteiger partial charge in [-0.05, 0) is 18.9 Å². The predicted molar refractivity (Wildman–Crippen MR) is 70.2 cm³/mol. The first kappa shape index (κ1) is 11.8. The zero-order valence-corrected chi connectivity index (χ0v) is 10.5. The minimum atomic E-state index is 0.0144. The van der Waals surface area contributed by atoms with Gasteiger partial charge in [0, 0.05) is 18.0 Å². The Hall–Kier alpha value is -1.68. The average molecular weight is 246 g/mol. The van der Waals surface area contributed by atoms with Crippen LogP contribution in [0.25, 0.3) is 0 Å². The minimum Gasteiger partial charge on any atom is -0.302 e. The van der Waals surface area contributed by atoms with Crippen LogP contribution >= 0.6 is 11.3 Å². The van der Waals surface area contributed by atoms with Gasteiger partial charge in [-0.3, -0.25) is 4.79 Å². The quantitative estimate of drug-likeness (QED) is 0.901. The number of nitrogens with zero attached hydrogens (tertiary/aromatic N) is 1. The largest absolute Gasteiger partial charge is 0.302 e. The van der Waals surface area contributed by atoms with Gasteiger partial charge in [0.2, 0.25) is 5.91 Å². The molecule has 0 saturated heterocycles. The number of amides is 1. The Bertz CT molecular complexity index is 477. The van der Waals surface area contributed by atoms with E-state index in [-0.39, 0.29) is 5.91 Å². The predicted octanol–water partition coefficient (Wildman–Crippen LogP) is 3.02. The third kappa shape index (κ3) is 3.67. The maximum Gasteiger partial charge on any atom is 0.226 e. The van der Waals surface area contributed by atoms with E-state index >= 15 is 0 Å². The van der Waals surface area contributed by atoms with Crippen molar-refractivity contribution < 1.29 is 4.79 Å². The summed E-state index contributed by atoms with van der Waals surface area (Å²) in [4.78, 5) is 15.6. The van der Waals surface area contributed by atoms with Gasteiger partial charge >= 0.3 is 0 Å². The van der Waals surface area contributed by atoms with Gasteiger partial charge in [-0.2, -0.15) is 0 Å². The molecule has 0 saturated carbocycles. The molecule has 2 rings (SSSR count). The number of hydrogen-bond acceptors (Lipinski definition) is 3. The lowest BCUT2D eigenvalue weighted by Gasteiger charge is -2.02. The fourth-order valence-electron chi connectivity index (χ4n) is 1.48. The molecule has 1 amide bonds. The lowest BCUT2D eigenvalue weighted by molar-refractivity contribution is -0.116. The summed E-state index contributed by atoms with van der Waals surface area (Å²) in [5.41, 5.74) is 2.42. The van der Waals surface area contributed by atoms with Crippen molar-refractivity contribution in [3.8, 4) is 0 Å². The van der Waals surface area contributed by atoms with Crippen molar-refractivity contribution in [2.75, 3.05) is 5.32 Å². The molecule has 1 N–H and O–H groups in total. The van der Waals surface area contributed by atoms with Crippen LogP contribution in [-0.2, 0) is 11.2 Å². The van der Waals surface area contributed by atoms with Crippen molar-refractivity contribution in [3.63, 3.8) is 0 Å². The molecule has 4 heteroatoms. The van der Waals surface area contributed by atoms with Crippen LogP contribution in [0.15, 0.2) is 35.8 Å². The molecule has 0 fully saturated rings. The number of aryl methyl sites for hydroxylation is 2. The lowest BCUT2D eigenvalue weighted by atomic mass is 10.1. The van der Waals surface area contributed by atoms with E-state index < -0.39 is 0 Å². The van der Waals surface area contributed by atoms with Crippen molar-refractivity contribution in [2.45, 2.75) is 19.8 Å². The number of nitrogens with one attached hydrogen (secondary N) is 1. The van der Waals surface area contributed by atoms with Crippen LogP contribution in [-0.4, -0.2) is 10.9 Å². The molecule has 0 unspecified atom stereocenters. The van der Waals surface area contributed by atoms with Crippen molar-refractivity contribution in [1.29, 1.82) is 0 Å². The van der Waals surface area contributed by atoms with Crippen LogP contribution in [0, 0.1) is 6.92 Å². The molecule has 17 heavy (non-hydrogen) atoms. The van der Waals surface area contributed by atoms with Gasteiger partial charge in [-0.25, -0.2) is 4.98 Å². The maximum absolute atomic E-state index is 11.6. The Morgan fingerprint density at radius 3 is 2.76 bits per heavy atom. The number of carbonyl (C=O) groups excluding carboxylic acids is 1. The zero-order valence-electron chi connectivity index (χ0n) is 9.64. The van der Waals surface area contributed by atoms with Gasteiger partial charge in [0.05, 0.1) is 0 Å². The number of hydrogen-bond donors (Lipinski definition) is 1. The van der Waals surface area contributed by atoms with E-state index in [1.54, 1.807) is 6.20 Å². The van der Waals surface area contributed by atoms with Crippen molar-refractivity contribution in [2.24, 2.45) is 0 Å². The van der Waals surface area contributed by atoms with Crippen LogP contribution in [0.3, 0.4) is 0 Å². The van der Waals surface area contributed by atoms with E-state index in [1.165, 1.54) is 22.5 Å². The molecule has 88 valence electrons. The van der Waals surface area contributed by atoms with Crippen molar-refractivity contribution in [1.82, 2.24) is 4.98 Å². The Morgan fingerprint density at radius 2 is 2.12 bits per heavy atom. The minimum absolute atomic E-state index is 0.0144. The van der Waals surface area contributed by atoms with E-state index in [2.05, 4.69) is 41.5 Å². The highest BCUT2D eigenvalue weighted by atomic mass is 32.1. The third-order valence-corrected chi connectivity index (χ3v) is 3.13. The van der Waals surface area contributed by atoms with Gasteiger partial charge in [0.15, 0.2) is 5.13 Å². The molecule has 0 aliphatic heterocycles. The van der Waals surface area contributed by atoms with Crippen LogP contribution < -0.4 is 5.32 Å². The molecule has 1 aromatic heterocycles. The van der Waals surface area contributed by atoms with E-state index in [9.17, 15) is 4.79 Å². The molecule has 0 spiro atoms. The fourth-order valence-corrected chi connectivity index (χ4v) is 2.02. The maximum atomic E-state index is 11.6. The molecule has 0 atom stereocenters. The normalized spacial score (nSPS) is 10.2. The first-order valence-corrected chi connectivity index (χ1v) is 6.37. The number of benzene rings is 1. The van der Waals surface area contributed by atoms with E-state index in [1.807, 2.05) is 5.38 Å². The third-order valence-electron chi connectivity index (χ3n) is 2.44. The Kier molecular flexibility index (Phi) is 3.88. The summed E-state index contributed by atoms with van der Waals surface area (Å²) >= 11 is 1.43. The Labute approximate surface area is 105 Å². The van der Waals surface area contributed by atoms with Crippen molar-refractivity contribution >= 4 is 22.4 Å². The van der Waals surface area contributed by atoms with Gasteiger partial charge in [-0.15, -0.1) is 11.3 Å². The summed E-state index contributed by atoms with van der Waals surface area (Å²) in [7, 11) is 0. The van der Waals surface area contributed by atoms with Gasteiger partial charge in [0.1, 0.15) is 0 Å². The van der Waals surface area contributed by atoms with E-state index in [0.29, 0.717) is 11.6 Å². The topological polar surface area (TPSA) is 42.0 Å². The number of anilines is 1. The summed E-state index contributed by atoms with van der Waals surface area (Å²) < 4.78 is 0. The molecule has 1 aromatic carbocycles. The summed E-state index contributed by atoms with van der Waals surface area (Å²) in [5, 5.41) is 5.28. The standard InChI is InChI=1S/C13H14N2OS/c1-10-2-4-11(5-3-10)6-7-12(16)15-13-14-8-9-17-13/h2-5,8-9H,6-7H2,1H3,(H,14,15,16). The summed E-state index contributed by atoms with van der Waals surface area (Å²) in [6, 6.07) is 8.25. The first-order valence-electron chi connectivity index (χ1n) is 5.49. The molecule has 3 nitrogen and oxygen atoms in total. The number of carbonyl (C=O) groups is 1. The zero-order chi connectivity index (χ0) is 12.1. The molecule has 1 heterocycles. The highest BCUT2D eigenvalue weighted by Crippen LogP contribution is 2.11. The van der Waals surface area contributed by atoms with Crippen LogP contribution in [0.4, 0.5) is 5.13 Å². The second-order valence-electron chi connectivity index (χ2n) is 3.87. The first-order chi connectivity index (χ1) is 8.24. The van der Waals surface area contributed by atoms with E-state index in [4.69, 9.17) is 0 Å². The van der Waals surface area contributed by atoms with Gasteiger partial charge in [0.25, 0.3) is 0 Å². The van der Waals surface area contributed by atoms with Crippen LogP contribution in [0.5, 0.6) is 0 Å². The molecule has 0 aliphatic carbocycles. The number of rotatable bonds is 4. The van der Waals surface area contributed by atoms with Gasteiger partial charge in [-0.1, -0.05) is 29.8 Å². The van der Waals surface area contributed by atoms with Crippen LogP contribution in [0.1, 0.15) is 17.5 Å². The summed E-state index contributed by atoms with van der Waals surface area (Å²) in [6.07, 6.45) is 2.93.